The van der Waals surface area contributed by atoms with Gasteiger partial charge in [-0.05, 0) is 44.5 Å². The smallest absolute Gasteiger partial charge is 0.251 e. The number of aryl methyl sites for hydroxylation is 2. The van der Waals surface area contributed by atoms with Crippen LogP contribution in [0, 0.1) is 13.8 Å². The normalized spacial score (nSPS) is 10.7. The molecule has 5 heteroatoms. The highest BCUT2D eigenvalue weighted by Crippen LogP contribution is 2.17. The lowest BCUT2D eigenvalue weighted by Gasteiger charge is -2.06. The summed E-state index contributed by atoms with van der Waals surface area (Å²) in [6, 6.07) is 7.75. The second kappa shape index (κ2) is 7.22. The Kier molecular flexibility index (Phi) is 5.33. The van der Waals surface area contributed by atoms with Crippen molar-refractivity contribution in [2.75, 3.05) is 13.1 Å². The number of benzene rings is 1. The van der Waals surface area contributed by atoms with Gasteiger partial charge in [-0.2, -0.15) is 5.10 Å². The molecule has 118 valence electrons. The highest BCUT2D eigenvalue weighted by atomic mass is 16.1. The molecule has 0 unspecified atom stereocenters. The fraction of sp³-hybridized carbons (Fsp3) is 0.412. The molecule has 2 aromatic rings. The van der Waals surface area contributed by atoms with Crippen molar-refractivity contribution in [1.29, 1.82) is 0 Å². The summed E-state index contributed by atoms with van der Waals surface area (Å²) in [5.74, 6) is -0.0475. The quantitative estimate of drug-likeness (QED) is 0.798. The van der Waals surface area contributed by atoms with Gasteiger partial charge in [-0.15, -0.1) is 0 Å². The number of hydrogen-bond acceptors (Lipinski definition) is 3. The number of nitrogens with zero attached hydrogens (tertiary/aromatic N) is 2. The molecule has 0 saturated heterocycles. The Bertz CT molecular complexity index is 643. The topological polar surface area (TPSA) is 72.9 Å². The Morgan fingerprint density at radius 3 is 2.50 bits per heavy atom. The summed E-state index contributed by atoms with van der Waals surface area (Å²) >= 11 is 0. The first kappa shape index (κ1) is 16.2. The SMILES string of the molecule is Cc1nn(C)c(C)c1Cc1ccc(C(=O)NCCCN)cc1. The number of rotatable bonds is 6. The van der Waals surface area contributed by atoms with E-state index in [1.54, 1.807) is 0 Å². The summed E-state index contributed by atoms with van der Waals surface area (Å²) in [7, 11) is 1.96. The van der Waals surface area contributed by atoms with Crippen LogP contribution >= 0.6 is 0 Å². The van der Waals surface area contributed by atoms with Gasteiger partial charge < -0.3 is 11.1 Å². The van der Waals surface area contributed by atoms with Crippen molar-refractivity contribution in [3.8, 4) is 0 Å². The zero-order valence-corrected chi connectivity index (χ0v) is 13.5. The van der Waals surface area contributed by atoms with Crippen molar-refractivity contribution in [3.05, 3.63) is 52.3 Å². The van der Waals surface area contributed by atoms with E-state index in [-0.39, 0.29) is 5.91 Å². The molecule has 0 atom stereocenters. The van der Waals surface area contributed by atoms with Gasteiger partial charge in [0.05, 0.1) is 5.69 Å². The summed E-state index contributed by atoms with van der Waals surface area (Å²) in [5, 5.41) is 7.30. The van der Waals surface area contributed by atoms with Crippen LogP contribution in [0.3, 0.4) is 0 Å². The highest BCUT2D eigenvalue weighted by molar-refractivity contribution is 5.94. The van der Waals surface area contributed by atoms with Gasteiger partial charge in [-0.3, -0.25) is 9.48 Å². The third-order valence-electron chi connectivity index (χ3n) is 3.92. The van der Waals surface area contributed by atoms with Gasteiger partial charge in [0.2, 0.25) is 0 Å². The first-order valence-electron chi connectivity index (χ1n) is 7.59. The lowest BCUT2D eigenvalue weighted by atomic mass is 10.0. The van der Waals surface area contributed by atoms with E-state index in [4.69, 9.17) is 5.73 Å². The molecule has 1 aromatic carbocycles. The van der Waals surface area contributed by atoms with Crippen molar-refractivity contribution >= 4 is 5.91 Å². The fourth-order valence-electron chi connectivity index (χ4n) is 2.46. The number of aromatic nitrogens is 2. The van der Waals surface area contributed by atoms with Crippen molar-refractivity contribution in [2.45, 2.75) is 26.7 Å². The molecule has 0 radical (unpaired) electrons. The number of carbonyl (C=O) groups excluding carboxylic acids is 1. The Hall–Kier alpha value is -2.14. The fourth-order valence-corrected chi connectivity index (χ4v) is 2.46. The summed E-state index contributed by atoms with van der Waals surface area (Å²) < 4.78 is 1.91. The molecule has 0 aliphatic carbocycles. The molecular weight excluding hydrogens is 276 g/mol. The van der Waals surface area contributed by atoms with Crippen molar-refractivity contribution in [3.63, 3.8) is 0 Å². The number of amides is 1. The maximum Gasteiger partial charge on any atom is 0.251 e. The molecule has 0 spiro atoms. The average Bonchev–Trinajstić information content (AvgIpc) is 2.74. The molecule has 22 heavy (non-hydrogen) atoms. The van der Waals surface area contributed by atoms with Gasteiger partial charge >= 0.3 is 0 Å². The second-order valence-electron chi connectivity index (χ2n) is 5.54. The van der Waals surface area contributed by atoms with Crippen molar-refractivity contribution in [2.24, 2.45) is 12.8 Å². The van der Waals surface area contributed by atoms with Crippen LogP contribution in [0.25, 0.3) is 0 Å². The van der Waals surface area contributed by atoms with Crippen LogP contribution in [0.4, 0.5) is 0 Å². The number of nitrogens with one attached hydrogen (secondary N) is 1. The van der Waals surface area contributed by atoms with E-state index >= 15 is 0 Å². The summed E-state index contributed by atoms with van der Waals surface area (Å²) in [6.45, 7) is 5.31. The van der Waals surface area contributed by atoms with Crippen LogP contribution in [0.2, 0.25) is 0 Å². The largest absolute Gasteiger partial charge is 0.352 e. The number of carbonyl (C=O) groups is 1. The first-order valence-corrected chi connectivity index (χ1v) is 7.59. The molecule has 3 N–H and O–H groups in total. The monoisotopic (exact) mass is 300 g/mol. The first-order chi connectivity index (χ1) is 10.5. The van der Waals surface area contributed by atoms with E-state index in [1.807, 2.05) is 42.9 Å². The van der Waals surface area contributed by atoms with Gasteiger partial charge in [0.1, 0.15) is 0 Å². The molecule has 2 rings (SSSR count). The third-order valence-corrected chi connectivity index (χ3v) is 3.92. The molecule has 1 amide bonds. The molecule has 1 aromatic heterocycles. The van der Waals surface area contributed by atoms with Crippen LogP contribution in [0.5, 0.6) is 0 Å². The molecule has 0 fully saturated rings. The predicted molar refractivity (Wildman–Crippen MR) is 87.9 cm³/mol. The van der Waals surface area contributed by atoms with E-state index in [0.717, 1.165) is 18.5 Å². The lowest BCUT2D eigenvalue weighted by Crippen LogP contribution is -2.25. The lowest BCUT2D eigenvalue weighted by molar-refractivity contribution is 0.0953. The second-order valence-corrected chi connectivity index (χ2v) is 5.54. The van der Waals surface area contributed by atoms with Gasteiger partial charge in [0.25, 0.3) is 5.91 Å². The van der Waals surface area contributed by atoms with E-state index in [1.165, 1.54) is 16.8 Å². The van der Waals surface area contributed by atoms with E-state index < -0.39 is 0 Å². The average molecular weight is 300 g/mol. The van der Waals surface area contributed by atoms with Crippen LogP contribution in [0.1, 0.15) is 39.3 Å². The summed E-state index contributed by atoms with van der Waals surface area (Å²) in [5.41, 5.74) is 10.8. The Balaban J connectivity index is 2.04. The van der Waals surface area contributed by atoms with Crippen molar-refractivity contribution in [1.82, 2.24) is 15.1 Å². The van der Waals surface area contributed by atoms with Crippen LogP contribution in [0.15, 0.2) is 24.3 Å². The Labute approximate surface area is 131 Å². The van der Waals surface area contributed by atoms with E-state index in [2.05, 4.69) is 17.3 Å². The van der Waals surface area contributed by atoms with Crippen LogP contribution in [-0.4, -0.2) is 28.8 Å². The molecule has 0 saturated carbocycles. The van der Waals surface area contributed by atoms with E-state index in [0.29, 0.717) is 18.7 Å². The standard InChI is InChI=1S/C17H24N4O/c1-12-16(13(2)21(3)20-12)11-14-5-7-15(8-6-14)17(22)19-10-4-9-18/h5-8H,4,9-11,18H2,1-3H3,(H,19,22). The molecule has 0 aliphatic heterocycles. The van der Waals surface area contributed by atoms with Gasteiger partial charge in [-0.25, -0.2) is 0 Å². The third kappa shape index (κ3) is 3.74. The number of nitrogens with two attached hydrogens (primary N) is 1. The maximum absolute atomic E-state index is 11.9. The minimum atomic E-state index is -0.0475. The molecule has 0 aliphatic rings. The molecule has 0 bridgehead atoms. The summed E-state index contributed by atoms with van der Waals surface area (Å²) in [4.78, 5) is 11.9. The predicted octanol–water partition coefficient (Wildman–Crippen LogP) is 1.71. The molecular formula is C17H24N4O. The van der Waals surface area contributed by atoms with Crippen LogP contribution < -0.4 is 11.1 Å². The van der Waals surface area contributed by atoms with E-state index in [9.17, 15) is 4.79 Å². The Morgan fingerprint density at radius 1 is 1.27 bits per heavy atom. The minimum Gasteiger partial charge on any atom is -0.352 e. The summed E-state index contributed by atoms with van der Waals surface area (Å²) in [6.07, 6.45) is 1.63. The zero-order chi connectivity index (χ0) is 16.1. The highest BCUT2D eigenvalue weighted by Gasteiger charge is 2.10. The van der Waals surface area contributed by atoms with Crippen LogP contribution in [-0.2, 0) is 13.5 Å². The van der Waals surface area contributed by atoms with Gasteiger partial charge in [0.15, 0.2) is 0 Å². The van der Waals surface area contributed by atoms with Gasteiger partial charge in [-0.1, -0.05) is 12.1 Å². The molecule has 1 heterocycles. The van der Waals surface area contributed by atoms with Crippen molar-refractivity contribution < 1.29 is 4.79 Å². The number of hydrogen-bond donors (Lipinski definition) is 2. The van der Waals surface area contributed by atoms with Gasteiger partial charge in [0, 0.05) is 36.8 Å². The maximum atomic E-state index is 11.9. The minimum absolute atomic E-state index is 0.0475. The molecule has 5 nitrogen and oxygen atoms in total. The zero-order valence-electron chi connectivity index (χ0n) is 13.5. The Morgan fingerprint density at radius 2 is 1.95 bits per heavy atom.